The summed E-state index contributed by atoms with van der Waals surface area (Å²) in [5, 5.41) is 31.5. The van der Waals surface area contributed by atoms with E-state index < -0.39 is 67.3 Å². The van der Waals surface area contributed by atoms with Crippen molar-refractivity contribution < 1.29 is 58.2 Å². The summed E-state index contributed by atoms with van der Waals surface area (Å²) >= 11 is 0. The number of ether oxygens (including phenoxy) is 5. The van der Waals surface area contributed by atoms with Gasteiger partial charge in [-0.2, -0.15) is 0 Å². The first-order valence-corrected chi connectivity index (χ1v) is 30.9. The first-order valence-electron chi connectivity index (χ1n) is 30.9. The van der Waals surface area contributed by atoms with E-state index in [1.54, 1.807) is 0 Å². The topological polar surface area (TPSA) is 175 Å². The zero-order valence-electron chi connectivity index (χ0n) is 48.7. The van der Waals surface area contributed by atoms with Crippen LogP contribution in [-0.4, -0.2) is 89.2 Å². The van der Waals surface area contributed by atoms with Crippen LogP contribution in [0.5, 0.6) is 0 Å². The maximum Gasteiger partial charge on any atom is 0.335 e. The molecule has 0 aliphatic carbocycles. The summed E-state index contributed by atoms with van der Waals surface area (Å²) in [5.74, 6) is -3.19. The average Bonchev–Trinajstić information content (AvgIpc) is 3.42. The normalized spacial score (nSPS) is 18.5. The summed E-state index contributed by atoms with van der Waals surface area (Å²) in [5.41, 5.74) is 0. The quantitative estimate of drug-likeness (QED) is 0.0228. The van der Waals surface area contributed by atoms with Crippen molar-refractivity contribution in [2.24, 2.45) is 0 Å². The number of hydrogen-bond acceptors (Lipinski definition) is 11. The number of unbranched alkanes of at least 4 members (excludes halogenated alkanes) is 26. The van der Waals surface area contributed by atoms with Crippen LogP contribution in [0.1, 0.15) is 265 Å². The molecule has 0 spiro atoms. The van der Waals surface area contributed by atoms with Gasteiger partial charge in [0.1, 0.15) is 18.8 Å². The number of rotatable bonds is 52. The second kappa shape index (κ2) is 52.8. The van der Waals surface area contributed by atoms with Crippen LogP contribution in [0.2, 0.25) is 0 Å². The molecule has 6 unspecified atom stereocenters. The van der Waals surface area contributed by atoms with Crippen molar-refractivity contribution >= 4 is 23.9 Å². The molecule has 1 saturated heterocycles. The molecule has 0 aromatic rings. The molecule has 442 valence electrons. The van der Waals surface area contributed by atoms with Crippen LogP contribution in [0.15, 0.2) is 72.9 Å². The van der Waals surface area contributed by atoms with Crippen LogP contribution in [0.25, 0.3) is 0 Å². The lowest BCUT2D eigenvalue weighted by Crippen LogP contribution is -2.61. The Kier molecular flexibility index (Phi) is 48.8. The minimum Gasteiger partial charge on any atom is -0.479 e. The molecule has 3 N–H and O–H groups in total. The molecule has 0 aromatic heterocycles. The zero-order chi connectivity index (χ0) is 56.1. The van der Waals surface area contributed by atoms with Gasteiger partial charge in [-0.05, 0) is 83.5 Å². The highest BCUT2D eigenvalue weighted by Gasteiger charge is 2.50. The van der Waals surface area contributed by atoms with Crippen molar-refractivity contribution in [3.05, 3.63) is 72.9 Å². The number of carbonyl (C=O) groups is 4. The second-order valence-corrected chi connectivity index (χ2v) is 21.0. The summed E-state index contributed by atoms with van der Waals surface area (Å²) in [6.45, 7) is 5.83. The Morgan fingerprint density at radius 1 is 0.442 bits per heavy atom. The summed E-state index contributed by atoms with van der Waals surface area (Å²) in [6, 6.07) is 0. The predicted molar refractivity (Wildman–Crippen MR) is 312 cm³/mol. The molecule has 0 amide bonds. The number of carboxylic acid groups (broad SMARTS) is 1. The fraction of sp³-hybridized carbons (Fsp3) is 0.754. The Morgan fingerprint density at radius 3 is 1.30 bits per heavy atom. The van der Waals surface area contributed by atoms with Gasteiger partial charge in [0.25, 0.3) is 0 Å². The molecule has 1 aliphatic rings. The van der Waals surface area contributed by atoms with Crippen LogP contribution < -0.4 is 0 Å². The van der Waals surface area contributed by atoms with Gasteiger partial charge < -0.3 is 39.0 Å². The molecule has 1 heterocycles. The minimum atomic E-state index is -1.91. The van der Waals surface area contributed by atoms with Gasteiger partial charge in [-0.3, -0.25) is 14.4 Å². The fourth-order valence-corrected chi connectivity index (χ4v) is 9.05. The molecule has 0 bridgehead atoms. The average molecular weight is 1080 g/mol. The van der Waals surface area contributed by atoms with E-state index in [9.17, 15) is 34.5 Å². The number of aliphatic carboxylic acids is 1. The first kappa shape index (κ1) is 71.2. The van der Waals surface area contributed by atoms with Crippen molar-refractivity contribution in [3.8, 4) is 0 Å². The third kappa shape index (κ3) is 42.7. The van der Waals surface area contributed by atoms with E-state index >= 15 is 0 Å². The highest BCUT2D eigenvalue weighted by molar-refractivity contribution is 5.74. The minimum absolute atomic E-state index is 0.0545. The maximum atomic E-state index is 13.1. The zero-order valence-corrected chi connectivity index (χ0v) is 48.7. The Bertz CT molecular complexity index is 1620. The number of allylic oxidation sites excluding steroid dienone is 12. The van der Waals surface area contributed by atoms with Gasteiger partial charge in [-0.15, -0.1) is 0 Å². The van der Waals surface area contributed by atoms with Crippen LogP contribution in [0, 0.1) is 0 Å². The van der Waals surface area contributed by atoms with Crippen molar-refractivity contribution in [1.82, 2.24) is 0 Å². The van der Waals surface area contributed by atoms with E-state index in [-0.39, 0.29) is 25.9 Å². The van der Waals surface area contributed by atoms with E-state index in [4.69, 9.17) is 23.7 Å². The number of hydrogen-bond donors (Lipinski definition) is 3. The van der Waals surface area contributed by atoms with Gasteiger partial charge in [-0.1, -0.05) is 235 Å². The Hall–Kier alpha value is -3.84. The highest BCUT2D eigenvalue weighted by Crippen LogP contribution is 2.26. The van der Waals surface area contributed by atoms with Crippen molar-refractivity contribution in [1.29, 1.82) is 0 Å². The molecule has 0 aromatic carbocycles. The fourth-order valence-electron chi connectivity index (χ4n) is 9.05. The van der Waals surface area contributed by atoms with E-state index in [0.29, 0.717) is 25.7 Å². The lowest BCUT2D eigenvalue weighted by atomic mass is 9.98. The molecule has 6 atom stereocenters. The van der Waals surface area contributed by atoms with Gasteiger partial charge >= 0.3 is 23.9 Å². The smallest absolute Gasteiger partial charge is 0.335 e. The Labute approximate surface area is 468 Å². The second-order valence-electron chi connectivity index (χ2n) is 21.0. The molecule has 1 aliphatic heterocycles. The molecule has 77 heavy (non-hydrogen) atoms. The van der Waals surface area contributed by atoms with Crippen LogP contribution in [0.3, 0.4) is 0 Å². The van der Waals surface area contributed by atoms with Crippen molar-refractivity contribution in [2.75, 3.05) is 13.2 Å². The first-order chi connectivity index (χ1) is 37.6. The molecule has 12 heteroatoms. The van der Waals surface area contributed by atoms with Gasteiger partial charge in [0.15, 0.2) is 24.6 Å². The molecule has 1 fully saturated rings. The van der Waals surface area contributed by atoms with Gasteiger partial charge in [0.05, 0.1) is 6.61 Å². The van der Waals surface area contributed by atoms with E-state index in [2.05, 4.69) is 87.6 Å². The Morgan fingerprint density at radius 2 is 0.831 bits per heavy atom. The van der Waals surface area contributed by atoms with Crippen molar-refractivity contribution in [3.63, 3.8) is 0 Å². The van der Waals surface area contributed by atoms with E-state index in [0.717, 1.165) is 77.0 Å². The summed E-state index contributed by atoms with van der Waals surface area (Å²) in [7, 11) is 0. The third-order valence-corrected chi connectivity index (χ3v) is 13.8. The monoisotopic (exact) mass is 1080 g/mol. The Balaban J connectivity index is 2.69. The van der Waals surface area contributed by atoms with E-state index in [1.807, 2.05) is 6.08 Å². The maximum absolute atomic E-state index is 13.1. The number of esters is 3. The molecule has 1 rings (SSSR count). The lowest BCUT2D eigenvalue weighted by Gasteiger charge is -2.40. The summed E-state index contributed by atoms with van der Waals surface area (Å²) < 4.78 is 28.4. The molecular weight excluding hydrogens is 973 g/mol. The standard InChI is InChI=1S/C65H110O12/c1-4-7-10-13-16-19-22-24-26-28-29-31-32-34-37-39-42-45-48-51-57(66)73-54-56(75-58(67)52-49-46-43-41-38-35-33-30-27-25-23-20-17-14-11-8-5-2)55-74-65-63(61(70)60(69)62(77-65)64(71)72)76-59(68)53-50-47-44-40-36-21-18-15-12-9-6-3/h8,11,17,20,24-27,33,35,41,43,56,60-63,65,69-70H,4-7,9-10,12-16,18-19,21-23,28-32,34,36-40,42,44-55H2,1-3H3,(H,71,72)/b11-8-,20-17-,26-24-,27-25-,35-33-,43-41-. The van der Waals surface area contributed by atoms with Gasteiger partial charge in [0.2, 0.25) is 0 Å². The SMILES string of the molecule is CC/C=C\C/C=C\C/C=C\C/C=C\C/C=C\CCCC(=O)OC(COC(=O)CCCCCCCCCCC/C=C\CCCCCCCC)COC1OC(C(=O)O)C(O)C(O)C1OC(=O)CCCCCCCCCCCCC. The predicted octanol–water partition coefficient (Wildman–Crippen LogP) is 16.1. The van der Waals surface area contributed by atoms with Gasteiger partial charge in [-0.25, -0.2) is 4.79 Å². The van der Waals surface area contributed by atoms with Crippen LogP contribution >= 0.6 is 0 Å². The molecular formula is C65H110O12. The number of aliphatic hydroxyl groups is 2. The van der Waals surface area contributed by atoms with Crippen molar-refractivity contribution in [2.45, 2.75) is 302 Å². The summed E-state index contributed by atoms with van der Waals surface area (Å²) in [4.78, 5) is 51.1. The molecule has 0 saturated carbocycles. The third-order valence-electron chi connectivity index (χ3n) is 13.8. The number of aliphatic hydroxyl groups excluding tert-OH is 2. The number of carbonyl (C=O) groups excluding carboxylic acids is 3. The largest absolute Gasteiger partial charge is 0.479 e. The lowest BCUT2D eigenvalue weighted by molar-refractivity contribution is -0.301. The number of carboxylic acids is 1. The van der Waals surface area contributed by atoms with Gasteiger partial charge in [0, 0.05) is 19.3 Å². The highest BCUT2D eigenvalue weighted by atomic mass is 16.7. The molecule has 0 radical (unpaired) electrons. The summed E-state index contributed by atoms with van der Waals surface area (Å²) in [6.07, 6.45) is 54.5. The van der Waals surface area contributed by atoms with Crippen LogP contribution in [0.4, 0.5) is 0 Å². The van der Waals surface area contributed by atoms with Crippen LogP contribution in [-0.2, 0) is 42.9 Å². The molecule has 12 nitrogen and oxygen atoms in total. The van der Waals surface area contributed by atoms with E-state index in [1.165, 1.54) is 122 Å².